The number of rotatable bonds is 3. The van der Waals surface area contributed by atoms with E-state index in [1.165, 1.54) is 5.56 Å². The van der Waals surface area contributed by atoms with Gasteiger partial charge in [-0.25, -0.2) is 4.79 Å². The zero-order valence-electron chi connectivity index (χ0n) is 15.0. The Morgan fingerprint density at radius 3 is 2.48 bits per heavy atom. The van der Waals surface area contributed by atoms with Gasteiger partial charge in [-0.2, -0.15) is 0 Å². The van der Waals surface area contributed by atoms with E-state index < -0.39 is 5.60 Å². The molecule has 0 spiro atoms. The molecule has 2 rings (SSSR count). The Bertz CT molecular complexity index is 510. The van der Waals surface area contributed by atoms with Gasteiger partial charge in [0.05, 0.1) is 0 Å². The van der Waals surface area contributed by atoms with E-state index in [1.807, 2.05) is 26.8 Å². The standard InChI is InChI=1S/C19H30N2O2/c1-14-11-21(12-16-9-7-6-8-10-16)13-17(15(14)2)20-18(22)23-19(3,4)5/h6-10,14-15,17H,11-13H2,1-5H3,(H,20,22)/t14-,15+,17-/m1/s1. The first kappa shape index (κ1) is 17.8. The fourth-order valence-corrected chi connectivity index (χ4v) is 3.10. The third-order valence-corrected chi connectivity index (χ3v) is 4.48. The third-order valence-electron chi connectivity index (χ3n) is 4.48. The molecule has 1 amide bonds. The molecule has 1 aromatic rings. The Kier molecular flexibility index (Phi) is 5.69. The quantitative estimate of drug-likeness (QED) is 0.924. The Hall–Kier alpha value is -1.55. The van der Waals surface area contributed by atoms with Crippen molar-refractivity contribution in [3.8, 4) is 0 Å². The van der Waals surface area contributed by atoms with Gasteiger partial charge in [-0.3, -0.25) is 4.90 Å². The highest BCUT2D eigenvalue weighted by atomic mass is 16.6. The van der Waals surface area contributed by atoms with E-state index in [1.54, 1.807) is 0 Å². The van der Waals surface area contributed by atoms with Crippen molar-refractivity contribution in [2.45, 2.75) is 52.8 Å². The first-order chi connectivity index (χ1) is 10.7. The van der Waals surface area contributed by atoms with Crippen LogP contribution in [-0.4, -0.2) is 35.7 Å². The van der Waals surface area contributed by atoms with E-state index in [9.17, 15) is 4.79 Å². The second-order valence-electron chi connectivity index (χ2n) is 7.77. The van der Waals surface area contributed by atoms with Crippen molar-refractivity contribution >= 4 is 6.09 Å². The lowest BCUT2D eigenvalue weighted by Crippen LogP contribution is -2.55. The van der Waals surface area contributed by atoms with E-state index >= 15 is 0 Å². The summed E-state index contributed by atoms with van der Waals surface area (Å²) in [6.45, 7) is 13.0. The zero-order valence-corrected chi connectivity index (χ0v) is 15.0. The van der Waals surface area contributed by atoms with Crippen molar-refractivity contribution in [3.63, 3.8) is 0 Å². The van der Waals surface area contributed by atoms with Gasteiger partial charge in [-0.15, -0.1) is 0 Å². The molecule has 1 N–H and O–H groups in total. The van der Waals surface area contributed by atoms with E-state index in [-0.39, 0.29) is 12.1 Å². The summed E-state index contributed by atoms with van der Waals surface area (Å²) < 4.78 is 5.41. The van der Waals surface area contributed by atoms with Crippen molar-refractivity contribution in [1.29, 1.82) is 0 Å². The maximum atomic E-state index is 12.1. The van der Waals surface area contributed by atoms with Crippen LogP contribution >= 0.6 is 0 Å². The van der Waals surface area contributed by atoms with E-state index in [0.29, 0.717) is 11.8 Å². The normalized spacial score (nSPS) is 25.9. The van der Waals surface area contributed by atoms with Crippen LogP contribution in [0.5, 0.6) is 0 Å². The van der Waals surface area contributed by atoms with Crippen LogP contribution in [0, 0.1) is 11.8 Å². The Balaban J connectivity index is 1.97. The smallest absolute Gasteiger partial charge is 0.407 e. The molecular formula is C19H30N2O2. The van der Waals surface area contributed by atoms with Gasteiger partial charge in [-0.1, -0.05) is 44.2 Å². The highest BCUT2D eigenvalue weighted by Gasteiger charge is 2.33. The minimum absolute atomic E-state index is 0.123. The fourth-order valence-electron chi connectivity index (χ4n) is 3.10. The van der Waals surface area contributed by atoms with Crippen LogP contribution in [0.4, 0.5) is 4.79 Å². The molecule has 0 bridgehead atoms. The number of hydrogen-bond donors (Lipinski definition) is 1. The van der Waals surface area contributed by atoms with Gasteiger partial charge in [0.2, 0.25) is 0 Å². The molecule has 1 aliphatic heterocycles. The number of amides is 1. The maximum Gasteiger partial charge on any atom is 0.407 e. The molecular weight excluding hydrogens is 288 g/mol. The van der Waals surface area contributed by atoms with Crippen molar-refractivity contribution in [3.05, 3.63) is 35.9 Å². The molecule has 1 heterocycles. The molecule has 1 fully saturated rings. The monoisotopic (exact) mass is 318 g/mol. The van der Waals surface area contributed by atoms with Gasteiger partial charge in [0.15, 0.2) is 0 Å². The van der Waals surface area contributed by atoms with Crippen molar-refractivity contribution in [1.82, 2.24) is 10.2 Å². The van der Waals surface area contributed by atoms with Crippen LogP contribution < -0.4 is 5.32 Å². The van der Waals surface area contributed by atoms with E-state index in [2.05, 4.69) is 48.3 Å². The number of carbonyl (C=O) groups is 1. The number of alkyl carbamates (subject to hydrolysis) is 1. The number of hydrogen-bond acceptors (Lipinski definition) is 3. The van der Waals surface area contributed by atoms with Crippen molar-refractivity contribution < 1.29 is 9.53 Å². The Labute approximate surface area is 140 Å². The maximum absolute atomic E-state index is 12.1. The van der Waals surface area contributed by atoms with Crippen LogP contribution in [-0.2, 0) is 11.3 Å². The highest BCUT2D eigenvalue weighted by Crippen LogP contribution is 2.25. The fraction of sp³-hybridized carbons (Fsp3) is 0.632. The molecule has 0 radical (unpaired) electrons. The molecule has 1 saturated heterocycles. The predicted octanol–water partition coefficient (Wildman–Crippen LogP) is 3.67. The summed E-state index contributed by atoms with van der Waals surface area (Å²) in [5.74, 6) is 0.974. The lowest BCUT2D eigenvalue weighted by Gasteiger charge is -2.41. The summed E-state index contributed by atoms with van der Waals surface area (Å²) in [5, 5.41) is 3.07. The van der Waals surface area contributed by atoms with Gasteiger partial charge >= 0.3 is 6.09 Å². The Morgan fingerprint density at radius 2 is 1.87 bits per heavy atom. The summed E-state index contributed by atoms with van der Waals surface area (Å²) in [6.07, 6.45) is -0.317. The first-order valence-electron chi connectivity index (χ1n) is 8.50. The second-order valence-corrected chi connectivity index (χ2v) is 7.77. The second kappa shape index (κ2) is 7.35. The molecule has 1 aromatic carbocycles. The summed E-state index contributed by atoms with van der Waals surface area (Å²) >= 11 is 0. The number of carbonyl (C=O) groups excluding carboxylic acids is 1. The summed E-state index contributed by atoms with van der Waals surface area (Å²) in [6, 6.07) is 10.6. The molecule has 1 aliphatic rings. The van der Waals surface area contributed by atoms with Crippen LogP contribution in [0.2, 0.25) is 0 Å². The molecule has 0 aromatic heterocycles. The van der Waals surface area contributed by atoms with Gasteiger partial charge in [0.1, 0.15) is 5.60 Å². The summed E-state index contributed by atoms with van der Waals surface area (Å²) in [4.78, 5) is 14.5. The highest BCUT2D eigenvalue weighted by molar-refractivity contribution is 5.68. The van der Waals surface area contributed by atoms with Gasteiger partial charge in [-0.05, 0) is 38.2 Å². The molecule has 0 aliphatic carbocycles. The first-order valence-corrected chi connectivity index (χ1v) is 8.50. The minimum atomic E-state index is -0.461. The topological polar surface area (TPSA) is 41.6 Å². The summed E-state index contributed by atoms with van der Waals surface area (Å²) in [5.41, 5.74) is 0.849. The van der Waals surface area contributed by atoms with Crippen molar-refractivity contribution in [2.75, 3.05) is 13.1 Å². The lowest BCUT2D eigenvalue weighted by molar-refractivity contribution is 0.0376. The molecule has 0 unspecified atom stereocenters. The number of nitrogens with one attached hydrogen (secondary N) is 1. The van der Waals surface area contributed by atoms with E-state index in [0.717, 1.165) is 19.6 Å². The molecule has 128 valence electrons. The average molecular weight is 318 g/mol. The summed E-state index contributed by atoms with van der Waals surface area (Å²) in [7, 11) is 0. The van der Waals surface area contributed by atoms with Gasteiger partial charge < -0.3 is 10.1 Å². The number of piperidine rings is 1. The van der Waals surface area contributed by atoms with Gasteiger partial charge in [0.25, 0.3) is 0 Å². The average Bonchev–Trinajstić information content (AvgIpc) is 2.43. The molecule has 4 heteroatoms. The Morgan fingerprint density at radius 1 is 1.22 bits per heavy atom. The zero-order chi connectivity index (χ0) is 17.0. The van der Waals surface area contributed by atoms with Crippen LogP contribution in [0.3, 0.4) is 0 Å². The number of benzene rings is 1. The molecule has 3 atom stereocenters. The third kappa shape index (κ3) is 5.54. The molecule has 0 saturated carbocycles. The minimum Gasteiger partial charge on any atom is -0.444 e. The largest absolute Gasteiger partial charge is 0.444 e. The van der Waals surface area contributed by atoms with Gasteiger partial charge in [0, 0.05) is 25.7 Å². The number of nitrogens with zero attached hydrogens (tertiary/aromatic N) is 1. The number of ether oxygens (including phenoxy) is 1. The molecule has 4 nitrogen and oxygen atoms in total. The SMILES string of the molecule is C[C@H]1[C@H](C)CN(Cc2ccccc2)C[C@H]1NC(=O)OC(C)(C)C. The number of likely N-dealkylation sites (tertiary alicyclic amines) is 1. The van der Waals surface area contributed by atoms with Crippen molar-refractivity contribution in [2.24, 2.45) is 11.8 Å². The van der Waals surface area contributed by atoms with E-state index in [4.69, 9.17) is 4.74 Å². The van der Waals surface area contributed by atoms with Crippen LogP contribution in [0.25, 0.3) is 0 Å². The van der Waals surface area contributed by atoms with Crippen LogP contribution in [0.15, 0.2) is 30.3 Å². The van der Waals surface area contributed by atoms with Crippen LogP contribution in [0.1, 0.15) is 40.2 Å². The lowest BCUT2D eigenvalue weighted by atomic mass is 9.84. The predicted molar refractivity (Wildman–Crippen MR) is 93.2 cm³/mol. The molecule has 23 heavy (non-hydrogen) atoms.